The lowest BCUT2D eigenvalue weighted by Gasteiger charge is -2.23. The number of benzene rings is 1. The summed E-state index contributed by atoms with van der Waals surface area (Å²) >= 11 is 0. The molecule has 1 N–H and O–H groups in total. The SMILES string of the molecule is Cc1cc(C)cc(N(CCCC(=O)NC(C)C)S(C)(=O)=O)c1. The van der Waals surface area contributed by atoms with Gasteiger partial charge in [0.2, 0.25) is 15.9 Å². The number of sulfonamides is 1. The highest BCUT2D eigenvalue weighted by Gasteiger charge is 2.18. The Morgan fingerprint density at radius 1 is 1.18 bits per heavy atom. The van der Waals surface area contributed by atoms with Gasteiger partial charge in [0.25, 0.3) is 0 Å². The van der Waals surface area contributed by atoms with E-state index in [4.69, 9.17) is 0 Å². The Kier molecular flexibility index (Phi) is 6.41. The lowest BCUT2D eigenvalue weighted by Crippen LogP contribution is -2.33. The second-order valence-corrected chi connectivity index (χ2v) is 7.91. The third-order valence-electron chi connectivity index (χ3n) is 3.11. The third-order valence-corrected chi connectivity index (χ3v) is 4.30. The molecule has 0 aliphatic rings. The van der Waals surface area contributed by atoms with Gasteiger partial charge in [-0.2, -0.15) is 0 Å². The van der Waals surface area contributed by atoms with Crippen LogP contribution in [0.1, 0.15) is 37.8 Å². The second kappa shape index (κ2) is 7.63. The fraction of sp³-hybridized carbons (Fsp3) is 0.562. The van der Waals surface area contributed by atoms with Crippen molar-refractivity contribution in [2.75, 3.05) is 17.1 Å². The molecule has 0 aromatic heterocycles. The number of hydrogen-bond donors (Lipinski definition) is 1. The molecule has 0 aliphatic heterocycles. The van der Waals surface area contributed by atoms with E-state index in [0.717, 1.165) is 11.1 Å². The van der Waals surface area contributed by atoms with Gasteiger partial charge in [0.1, 0.15) is 0 Å². The van der Waals surface area contributed by atoms with Crippen LogP contribution in [0.25, 0.3) is 0 Å². The topological polar surface area (TPSA) is 66.5 Å². The Hall–Kier alpha value is -1.56. The Balaban J connectivity index is 2.81. The van der Waals surface area contributed by atoms with Crippen LogP contribution in [0.5, 0.6) is 0 Å². The number of hydrogen-bond acceptors (Lipinski definition) is 3. The first-order chi connectivity index (χ1) is 10.1. The number of rotatable bonds is 7. The standard InChI is InChI=1S/C16H26N2O3S/c1-12(2)17-16(19)7-6-8-18(22(5,20)21)15-10-13(3)9-14(4)11-15/h9-12H,6-8H2,1-5H3,(H,17,19). The first-order valence-corrected chi connectivity index (χ1v) is 9.30. The fourth-order valence-corrected chi connectivity index (χ4v) is 3.31. The van der Waals surface area contributed by atoms with Crippen LogP contribution < -0.4 is 9.62 Å². The monoisotopic (exact) mass is 326 g/mol. The van der Waals surface area contributed by atoms with Crippen molar-refractivity contribution in [1.29, 1.82) is 0 Å². The molecule has 5 nitrogen and oxygen atoms in total. The molecular weight excluding hydrogens is 300 g/mol. The minimum Gasteiger partial charge on any atom is -0.354 e. The molecule has 124 valence electrons. The molecular formula is C16H26N2O3S. The molecule has 0 atom stereocenters. The molecule has 0 radical (unpaired) electrons. The van der Waals surface area contributed by atoms with Gasteiger partial charge < -0.3 is 5.32 Å². The summed E-state index contributed by atoms with van der Waals surface area (Å²) in [4.78, 5) is 11.7. The molecule has 6 heteroatoms. The molecule has 0 saturated carbocycles. The van der Waals surface area contributed by atoms with E-state index in [1.807, 2.05) is 45.9 Å². The van der Waals surface area contributed by atoms with Crippen LogP contribution >= 0.6 is 0 Å². The van der Waals surface area contributed by atoms with Crippen molar-refractivity contribution in [2.24, 2.45) is 0 Å². The summed E-state index contributed by atoms with van der Waals surface area (Å²) in [6, 6.07) is 5.79. The van der Waals surface area contributed by atoms with E-state index in [1.165, 1.54) is 10.6 Å². The van der Waals surface area contributed by atoms with Crippen LogP contribution in [-0.2, 0) is 14.8 Å². The zero-order valence-corrected chi connectivity index (χ0v) is 14.8. The van der Waals surface area contributed by atoms with Gasteiger partial charge in [-0.05, 0) is 57.4 Å². The molecule has 0 spiro atoms. The number of carbonyl (C=O) groups excluding carboxylic acids is 1. The average molecular weight is 326 g/mol. The van der Waals surface area contributed by atoms with E-state index < -0.39 is 10.0 Å². The Labute approximate surface area is 133 Å². The third kappa shape index (κ3) is 6.05. The highest BCUT2D eigenvalue weighted by atomic mass is 32.2. The maximum Gasteiger partial charge on any atom is 0.232 e. The second-order valence-electron chi connectivity index (χ2n) is 6.01. The van der Waals surface area contributed by atoms with Gasteiger partial charge in [-0.15, -0.1) is 0 Å². The number of carbonyl (C=O) groups is 1. The maximum atomic E-state index is 12.0. The van der Waals surface area contributed by atoms with Gasteiger partial charge in [-0.25, -0.2) is 8.42 Å². The quantitative estimate of drug-likeness (QED) is 0.836. The molecule has 22 heavy (non-hydrogen) atoms. The van der Waals surface area contributed by atoms with E-state index in [1.54, 1.807) is 0 Å². The Morgan fingerprint density at radius 3 is 2.18 bits per heavy atom. The molecule has 0 unspecified atom stereocenters. The van der Waals surface area contributed by atoms with E-state index in [2.05, 4.69) is 5.32 Å². The number of nitrogens with one attached hydrogen (secondary N) is 1. The lowest BCUT2D eigenvalue weighted by atomic mass is 10.1. The molecule has 0 fully saturated rings. The summed E-state index contributed by atoms with van der Waals surface area (Å²) in [7, 11) is -3.37. The van der Waals surface area contributed by atoms with Gasteiger partial charge >= 0.3 is 0 Å². The van der Waals surface area contributed by atoms with Crippen LogP contribution in [0.15, 0.2) is 18.2 Å². The van der Waals surface area contributed by atoms with Crippen molar-refractivity contribution in [1.82, 2.24) is 5.32 Å². The first-order valence-electron chi connectivity index (χ1n) is 7.45. The summed E-state index contributed by atoms with van der Waals surface area (Å²) in [5.74, 6) is -0.0520. The van der Waals surface area contributed by atoms with Gasteiger partial charge in [0.15, 0.2) is 0 Å². The fourth-order valence-electron chi connectivity index (χ4n) is 2.36. The molecule has 1 rings (SSSR count). The zero-order valence-electron chi connectivity index (χ0n) is 14.0. The minimum atomic E-state index is -3.37. The van der Waals surface area contributed by atoms with Crippen LogP contribution in [0.3, 0.4) is 0 Å². The average Bonchev–Trinajstić information content (AvgIpc) is 2.30. The van der Waals surface area contributed by atoms with Crippen molar-refractivity contribution < 1.29 is 13.2 Å². The van der Waals surface area contributed by atoms with Crippen molar-refractivity contribution in [2.45, 2.75) is 46.6 Å². The van der Waals surface area contributed by atoms with Crippen LogP contribution in [-0.4, -0.2) is 33.2 Å². The Morgan fingerprint density at radius 2 is 1.73 bits per heavy atom. The van der Waals surface area contributed by atoms with Crippen LogP contribution in [0.4, 0.5) is 5.69 Å². The van der Waals surface area contributed by atoms with Gasteiger partial charge in [-0.3, -0.25) is 9.10 Å². The van der Waals surface area contributed by atoms with Gasteiger partial charge in [0.05, 0.1) is 11.9 Å². The smallest absolute Gasteiger partial charge is 0.232 e. The van der Waals surface area contributed by atoms with Crippen molar-refractivity contribution in [3.05, 3.63) is 29.3 Å². The van der Waals surface area contributed by atoms with Crippen molar-refractivity contribution >= 4 is 21.6 Å². The van der Waals surface area contributed by atoms with E-state index in [0.29, 0.717) is 25.1 Å². The molecule has 1 amide bonds. The first kappa shape index (κ1) is 18.5. The summed E-state index contributed by atoms with van der Waals surface area (Å²) in [5.41, 5.74) is 2.69. The number of nitrogens with zero attached hydrogens (tertiary/aromatic N) is 1. The number of amides is 1. The normalized spacial score (nSPS) is 11.5. The summed E-state index contributed by atoms with van der Waals surface area (Å²) in [6.07, 6.45) is 1.99. The number of anilines is 1. The Bertz CT molecular complexity index is 604. The molecule has 0 aliphatic carbocycles. The van der Waals surface area contributed by atoms with Crippen molar-refractivity contribution in [3.8, 4) is 0 Å². The van der Waals surface area contributed by atoms with Crippen LogP contribution in [0.2, 0.25) is 0 Å². The maximum absolute atomic E-state index is 12.0. The number of aryl methyl sites for hydroxylation is 2. The largest absolute Gasteiger partial charge is 0.354 e. The minimum absolute atomic E-state index is 0.0520. The summed E-state index contributed by atoms with van der Waals surface area (Å²) < 4.78 is 25.4. The summed E-state index contributed by atoms with van der Waals surface area (Å²) in [5, 5.41) is 2.81. The predicted octanol–water partition coefficient (Wildman–Crippen LogP) is 2.37. The summed E-state index contributed by atoms with van der Waals surface area (Å²) in [6.45, 7) is 7.97. The molecule has 0 saturated heterocycles. The van der Waals surface area contributed by atoms with E-state index in [-0.39, 0.29) is 11.9 Å². The van der Waals surface area contributed by atoms with E-state index in [9.17, 15) is 13.2 Å². The molecule has 0 heterocycles. The highest BCUT2D eigenvalue weighted by molar-refractivity contribution is 7.92. The molecule has 0 bridgehead atoms. The van der Waals surface area contributed by atoms with E-state index >= 15 is 0 Å². The van der Waals surface area contributed by atoms with Gasteiger partial charge in [0, 0.05) is 19.0 Å². The zero-order chi connectivity index (χ0) is 16.9. The lowest BCUT2D eigenvalue weighted by molar-refractivity contribution is -0.121. The predicted molar refractivity (Wildman–Crippen MR) is 90.6 cm³/mol. The molecule has 1 aromatic rings. The highest BCUT2D eigenvalue weighted by Crippen LogP contribution is 2.21. The van der Waals surface area contributed by atoms with Crippen LogP contribution in [0, 0.1) is 13.8 Å². The van der Waals surface area contributed by atoms with Gasteiger partial charge in [-0.1, -0.05) is 6.07 Å². The molecule has 1 aromatic carbocycles. The van der Waals surface area contributed by atoms with Crippen molar-refractivity contribution in [3.63, 3.8) is 0 Å².